The van der Waals surface area contributed by atoms with Crippen molar-refractivity contribution in [2.75, 3.05) is 31.6 Å². The Morgan fingerprint density at radius 2 is 2.18 bits per heavy atom. The molecular weight excluding hydrogens is 228 g/mol. The lowest BCUT2D eigenvalue weighted by Crippen LogP contribution is -2.42. The van der Waals surface area contributed by atoms with E-state index >= 15 is 0 Å². The molecule has 0 aromatic rings. The van der Waals surface area contributed by atoms with Gasteiger partial charge >= 0.3 is 0 Å². The highest BCUT2D eigenvalue weighted by Gasteiger charge is 2.30. The van der Waals surface area contributed by atoms with Crippen molar-refractivity contribution in [3.8, 4) is 0 Å². The molecule has 2 fully saturated rings. The van der Waals surface area contributed by atoms with Crippen LogP contribution in [0.3, 0.4) is 0 Å². The summed E-state index contributed by atoms with van der Waals surface area (Å²) in [5, 5.41) is 3.75. The molecule has 100 valence electrons. The predicted molar refractivity (Wildman–Crippen MR) is 77.8 cm³/mol. The van der Waals surface area contributed by atoms with Crippen LogP contribution in [0.1, 0.15) is 39.0 Å². The average Bonchev–Trinajstić information content (AvgIpc) is 2.97. The molecule has 0 aromatic heterocycles. The van der Waals surface area contributed by atoms with Crippen LogP contribution in [0.4, 0.5) is 0 Å². The number of hydrogen-bond acceptors (Lipinski definition) is 3. The summed E-state index contributed by atoms with van der Waals surface area (Å²) in [6.07, 6.45) is 6.93. The second kappa shape index (κ2) is 7.01. The molecular formula is C14H28N2S. The van der Waals surface area contributed by atoms with Gasteiger partial charge in [-0.05, 0) is 50.9 Å². The van der Waals surface area contributed by atoms with E-state index in [0.29, 0.717) is 0 Å². The van der Waals surface area contributed by atoms with Gasteiger partial charge in [0.2, 0.25) is 0 Å². The summed E-state index contributed by atoms with van der Waals surface area (Å²) in [4.78, 5) is 2.64. The average molecular weight is 256 g/mol. The molecule has 0 radical (unpaired) electrons. The second-order valence-electron chi connectivity index (χ2n) is 5.71. The Morgan fingerprint density at radius 1 is 1.29 bits per heavy atom. The first-order chi connectivity index (χ1) is 8.31. The predicted octanol–water partition coefficient (Wildman–Crippen LogP) is 2.59. The fourth-order valence-electron chi connectivity index (χ4n) is 3.24. The second-order valence-corrected chi connectivity index (χ2v) is 6.86. The first kappa shape index (κ1) is 13.7. The Balaban J connectivity index is 1.76. The van der Waals surface area contributed by atoms with Crippen LogP contribution in [-0.4, -0.2) is 48.6 Å². The van der Waals surface area contributed by atoms with Crippen LogP contribution in [0.25, 0.3) is 0 Å². The highest BCUT2D eigenvalue weighted by atomic mass is 32.2. The van der Waals surface area contributed by atoms with Crippen LogP contribution in [0.5, 0.6) is 0 Å². The summed E-state index contributed by atoms with van der Waals surface area (Å²) < 4.78 is 0. The molecule has 3 unspecified atom stereocenters. The highest BCUT2D eigenvalue weighted by molar-refractivity contribution is 7.99. The summed E-state index contributed by atoms with van der Waals surface area (Å²) in [6, 6.07) is 1.65. The molecule has 1 heterocycles. The van der Waals surface area contributed by atoms with Crippen LogP contribution < -0.4 is 5.32 Å². The molecule has 0 bridgehead atoms. The van der Waals surface area contributed by atoms with E-state index in [0.717, 1.165) is 18.0 Å². The van der Waals surface area contributed by atoms with Gasteiger partial charge in [-0.1, -0.05) is 13.3 Å². The lowest BCUT2D eigenvalue weighted by molar-refractivity contribution is 0.206. The van der Waals surface area contributed by atoms with Crippen molar-refractivity contribution in [2.45, 2.75) is 51.1 Å². The van der Waals surface area contributed by atoms with Gasteiger partial charge in [-0.3, -0.25) is 0 Å². The highest BCUT2D eigenvalue weighted by Crippen LogP contribution is 2.28. The van der Waals surface area contributed by atoms with Crippen LogP contribution in [0, 0.1) is 5.92 Å². The van der Waals surface area contributed by atoms with Crippen molar-refractivity contribution in [2.24, 2.45) is 5.92 Å². The van der Waals surface area contributed by atoms with Gasteiger partial charge in [0.25, 0.3) is 0 Å². The van der Waals surface area contributed by atoms with Crippen LogP contribution >= 0.6 is 11.8 Å². The number of nitrogens with zero attached hydrogens (tertiary/aromatic N) is 1. The van der Waals surface area contributed by atoms with Gasteiger partial charge in [-0.25, -0.2) is 0 Å². The zero-order valence-electron chi connectivity index (χ0n) is 11.5. The fourth-order valence-corrected chi connectivity index (χ4v) is 4.54. The summed E-state index contributed by atoms with van der Waals surface area (Å²) in [5.74, 6) is 3.63. The van der Waals surface area contributed by atoms with E-state index in [2.05, 4.69) is 35.9 Å². The largest absolute Gasteiger partial charge is 0.314 e. The Hall–Kier alpha value is 0.270. The van der Waals surface area contributed by atoms with Gasteiger partial charge in [0.05, 0.1) is 0 Å². The summed E-state index contributed by atoms with van der Waals surface area (Å²) in [5.41, 5.74) is 0. The first-order valence-corrected chi connectivity index (χ1v) is 8.48. The molecule has 2 nitrogen and oxygen atoms in total. The number of rotatable bonds is 6. The van der Waals surface area contributed by atoms with E-state index in [9.17, 15) is 0 Å². The third-order valence-corrected chi connectivity index (χ3v) is 5.51. The molecule has 17 heavy (non-hydrogen) atoms. The van der Waals surface area contributed by atoms with Crippen molar-refractivity contribution >= 4 is 11.8 Å². The number of nitrogens with one attached hydrogen (secondary N) is 1. The molecule has 1 saturated heterocycles. The molecule has 2 rings (SSSR count). The zero-order valence-corrected chi connectivity index (χ0v) is 12.3. The van der Waals surface area contributed by atoms with Gasteiger partial charge in [0, 0.05) is 24.4 Å². The lowest BCUT2D eigenvalue weighted by Gasteiger charge is -2.30. The van der Waals surface area contributed by atoms with Crippen molar-refractivity contribution in [3.05, 3.63) is 0 Å². The Labute approximate surface area is 111 Å². The van der Waals surface area contributed by atoms with Crippen LogP contribution in [-0.2, 0) is 0 Å². The van der Waals surface area contributed by atoms with Crippen LogP contribution in [0.15, 0.2) is 0 Å². The molecule has 1 N–H and O–H groups in total. The first-order valence-electron chi connectivity index (χ1n) is 7.32. The molecule has 1 saturated carbocycles. The quantitative estimate of drug-likeness (QED) is 0.786. The monoisotopic (exact) mass is 256 g/mol. The molecule has 3 atom stereocenters. The van der Waals surface area contributed by atoms with Gasteiger partial charge in [0.1, 0.15) is 0 Å². The van der Waals surface area contributed by atoms with E-state index in [4.69, 9.17) is 0 Å². The van der Waals surface area contributed by atoms with Crippen molar-refractivity contribution in [3.63, 3.8) is 0 Å². The Bertz CT molecular complexity index is 216. The minimum absolute atomic E-state index is 0.798. The smallest absolute Gasteiger partial charge is 0.0191 e. The Kier molecular flexibility index (Phi) is 5.64. The Morgan fingerprint density at radius 3 is 2.88 bits per heavy atom. The summed E-state index contributed by atoms with van der Waals surface area (Å²) in [6.45, 7) is 4.77. The molecule has 3 heteroatoms. The lowest BCUT2D eigenvalue weighted by atomic mass is 10.0. The number of hydrogen-bond donors (Lipinski definition) is 1. The SMILES string of the molecule is CCCNC1CCCC1CN(C)C1CCSC1. The van der Waals surface area contributed by atoms with E-state index in [1.54, 1.807) is 0 Å². The van der Waals surface area contributed by atoms with Crippen molar-refractivity contribution < 1.29 is 0 Å². The molecule has 1 aliphatic heterocycles. The normalized spacial score (nSPS) is 33.7. The maximum atomic E-state index is 3.75. The topological polar surface area (TPSA) is 15.3 Å². The molecule has 2 aliphatic rings. The van der Waals surface area contributed by atoms with E-state index in [1.807, 2.05) is 0 Å². The van der Waals surface area contributed by atoms with E-state index < -0.39 is 0 Å². The molecule has 0 amide bonds. The van der Waals surface area contributed by atoms with Gasteiger partial charge in [-0.2, -0.15) is 11.8 Å². The minimum atomic E-state index is 0.798. The van der Waals surface area contributed by atoms with Gasteiger partial charge in [0.15, 0.2) is 0 Å². The molecule has 1 aliphatic carbocycles. The van der Waals surface area contributed by atoms with Crippen LogP contribution in [0.2, 0.25) is 0 Å². The number of thioether (sulfide) groups is 1. The maximum Gasteiger partial charge on any atom is 0.0191 e. The molecule has 0 aromatic carbocycles. The molecule has 0 spiro atoms. The maximum absolute atomic E-state index is 3.75. The van der Waals surface area contributed by atoms with Gasteiger partial charge < -0.3 is 10.2 Å². The third kappa shape index (κ3) is 3.87. The van der Waals surface area contributed by atoms with Gasteiger partial charge in [-0.15, -0.1) is 0 Å². The van der Waals surface area contributed by atoms with Crippen molar-refractivity contribution in [1.82, 2.24) is 10.2 Å². The third-order valence-electron chi connectivity index (χ3n) is 4.37. The van der Waals surface area contributed by atoms with Crippen molar-refractivity contribution in [1.29, 1.82) is 0 Å². The summed E-state index contributed by atoms with van der Waals surface area (Å²) in [7, 11) is 2.34. The standard InChI is InChI=1S/C14H28N2S/c1-3-8-15-14-6-4-5-12(14)10-16(2)13-7-9-17-11-13/h12-15H,3-11H2,1-2H3. The van der Waals surface area contributed by atoms with E-state index in [1.165, 1.54) is 56.7 Å². The van der Waals surface area contributed by atoms with E-state index in [-0.39, 0.29) is 0 Å². The zero-order chi connectivity index (χ0) is 12.1. The fraction of sp³-hybridized carbons (Fsp3) is 1.00. The summed E-state index contributed by atoms with van der Waals surface area (Å²) >= 11 is 2.13. The minimum Gasteiger partial charge on any atom is -0.314 e.